The molecule has 2 saturated carbocycles. The fraction of sp³-hybridized carbons (Fsp3) is 0.529. The summed E-state index contributed by atoms with van der Waals surface area (Å²) in [5, 5.41) is -1.48. The number of halogens is 6. The van der Waals surface area contributed by atoms with Crippen LogP contribution in [0.3, 0.4) is 0 Å². The minimum Gasteiger partial charge on any atom is -0.461 e. The highest BCUT2D eigenvalue weighted by atomic mass is 35.5. The van der Waals surface area contributed by atoms with Gasteiger partial charge in [0.2, 0.25) is 0 Å². The quantitative estimate of drug-likeness (QED) is 0.113. The number of esters is 4. The largest absolute Gasteiger partial charge is 0.461 e. The van der Waals surface area contributed by atoms with E-state index >= 15 is 0 Å². The number of carbonyl (C=O) groups excluding carboxylic acids is 4. The molecule has 262 valence electrons. The van der Waals surface area contributed by atoms with E-state index in [9.17, 15) is 19.2 Å². The first-order chi connectivity index (χ1) is 22.3. The lowest BCUT2D eigenvalue weighted by Gasteiger charge is -2.30. The lowest BCUT2D eigenvalue weighted by molar-refractivity contribution is -0.156. The van der Waals surface area contributed by atoms with Gasteiger partial charge in [0.05, 0.1) is 43.3 Å². The zero-order valence-corrected chi connectivity index (χ0v) is 31.8. The predicted molar refractivity (Wildman–Crippen MR) is 186 cm³/mol. The van der Waals surface area contributed by atoms with Gasteiger partial charge in [-0.15, -0.1) is 0 Å². The summed E-state index contributed by atoms with van der Waals surface area (Å²) in [6.45, 7) is 12.6. The summed E-state index contributed by atoms with van der Waals surface area (Å²) in [5.74, 6) is -4.96. The average Bonchev–Trinajstić information content (AvgIpc) is 3.44. The van der Waals surface area contributed by atoms with Crippen molar-refractivity contribution in [3.63, 3.8) is 0 Å². The van der Waals surface area contributed by atoms with Crippen LogP contribution in [0.5, 0.6) is 11.5 Å². The Morgan fingerprint density at radius 2 is 0.958 bits per heavy atom. The molecule has 2 aromatic carbocycles. The van der Waals surface area contributed by atoms with Crippen molar-refractivity contribution in [3.8, 4) is 11.5 Å². The zero-order chi connectivity index (χ0) is 35.9. The maximum Gasteiger partial charge on any atom is 0.423 e. The van der Waals surface area contributed by atoms with Crippen molar-refractivity contribution in [3.05, 3.63) is 53.4 Å². The normalized spacial score (nSPS) is 26.7. The van der Waals surface area contributed by atoms with Crippen LogP contribution in [0, 0.1) is 34.5 Å². The van der Waals surface area contributed by atoms with Crippen molar-refractivity contribution in [1.29, 1.82) is 0 Å². The number of carbonyl (C=O) groups is 4. The topological polar surface area (TPSA) is 105 Å². The third-order valence-corrected chi connectivity index (χ3v) is 12.7. The lowest BCUT2D eigenvalue weighted by Crippen LogP contribution is -2.30. The second-order valence-electron chi connectivity index (χ2n) is 13.6. The van der Waals surface area contributed by atoms with Gasteiger partial charge in [0.15, 0.2) is 11.5 Å². The van der Waals surface area contributed by atoms with Crippen LogP contribution in [0.4, 0.5) is 0 Å². The van der Waals surface area contributed by atoms with Gasteiger partial charge in [0, 0.05) is 10.8 Å². The maximum absolute atomic E-state index is 13.3. The Hall–Kier alpha value is -1.94. The smallest absolute Gasteiger partial charge is 0.423 e. The van der Waals surface area contributed by atoms with Gasteiger partial charge in [-0.25, -0.2) is 19.2 Å². The van der Waals surface area contributed by atoms with Crippen molar-refractivity contribution in [2.24, 2.45) is 34.5 Å². The van der Waals surface area contributed by atoms with Crippen LogP contribution in [-0.4, -0.2) is 37.1 Å². The van der Waals surface area contributed by atoms with E-state index < -0.39 is 46.5 Å². The van der Waals surface area contributed by atoms with Gasteiger partial charge in [0.1, 0.15) is 11.1 Å². The minimum absolute atomic E-state index is 0.0546. The van der Waals surface area contributed by atoms with Gasteiger partial charge in [-0.3, -0.25) is 0 Å². The first-order valence-corrected chi connectivity index (χ1v) is 17.7. The molecule has 2 aliphatic carbocycles. The Morgan fingerprint density at radius 1 is 0.625 bits per heavy atom. The predicted octanol–water partition coefficient (Wildman–Crippen LogP) is 10.6. The van der Waals surface area contributed by atoms with E-state index in [1.54, 1.807) is 0 Å². The highest BCUT2D eigenvalue weighted by Crippen LogP contribution is 2.48. The van der Waals surface area contributed by atoms with Crippen molar-refractivity contribution >= 4 is 93.5 Å². The number of hydrogen-bond donors (Lipinski definition) is 0. The van der Waals surface area contributed by atoms with E-state index in [1.807, 2.05) is 13.8 Å². The average molecular weight is 785 g/mol. The molecule has 0 spiro atoms. The Balaban J connectivity index is 1.56. The van der Waals surface area contributed by atoms with Crippen LogP contribution in [0.15, 0.2) is 12.1 Å². The summed E-state index contributed by atoms with van der Waals surface area (Å²) in [6, 6.07) is 2.27. The molecule has 0 aromatic heterocycles. The van der Waals surface area contributed by atoms with Gasteiger partial charge >= 0.3 is 23.9 Å². The van der Waals surface area contributed by atoms with E-state index in [2.05, 4.69) is 27.7 Å². The van der Waals surface area contributed by atoms with Gasteiger partial charge in [0.25, 0.3) is 0 Å². The molecule has 14 heteroatoms. The summed E-state index contributed by atoms with van der Waals surface area (Å²) in [7, 11) is 0. The summed E-state index contributed by atoms with van der Waals surface area (Å²) < 4.78 is 21.7. The third-order valence-electron chi connectivity index (χ3n) is 10.5. The molecular formula is C34H36Cl6O8. The Bertz CT molecular complexity index is 1530. The summed E-state index contributed by atoms with van der Waals surface area (Å²) in [5.41, 5.74) is -1.51. The first-order valence-electron chi connectivity index (χ1n) is 15.4. The van der Waals surface area contributed by atoms with E-state index in [4.69, 9.17) is 88.6 Å². The summed E-state index contributed by atoms with van der Waals surface area (Å²) in [6.07, 6.45) is 3.63. The maximum atomic E-state index is 13.3. The van der Waals surface area contributed by atoms with E-state index in [0.717, 1.165) is 37.8 Å². The number of hydrogen-bond acceptors (Lipinski definition) is 8. The van der Waals surface area contributed by atoms with Crippen LogP contribution in [0.25, 0.3) is 0 Å². The van der Waals surface area contributed by atoms with Gasteiger partial charge in [-0.2, -0.15) is 0 Å². The first kappa shape index (κ1) is 38.9. The molecule has 0 amide bonds. The van der Waals surface area contributed by atoms with Gasteiger partial charge < -0.3 is 18.9 Å². The number of rotatable bonds is 8. The third kappa shape index (κ3) is 7.84. The standard InChI is InChI=1S/C34H36Cl6O8/c1-15-7-9-33(5,17(15)3)13-45-29(41)23-25(39)19(35)11-21(37)27(23)47-31(43)32(44)48-28-22(38)12-20(36)26(40)24(28)30(42)46-14-34(6)10-8-16(2)18(34)4/h11-12,15-18H,7-10,13-14H2,1-6H3. The lowest BCUT2D eigenvalue weighted by atomic mass is 9.79. The monoisotopic (exact) mass is 782 g/mol. The molecule has 0 aliphatic heterocycles. The molecule has 0 N–H and O–H groups in total. The fourth-order valence-electron chi connectivity index (χ4n) is 6.45. The minimum atomic E-state index is -1.64. The van der Waals surface area contributed by atoms with Crippen LogP contribution in [0.1, 0.15) is 87.9 Å². The molecule has 0 radical (unpaired) electrons. The van der Waals surface area contributed by atoms with Crippen molar-refractivity contribution < 1.29 is 38.1 Å². The molecule has 2 fully saturated rings. The molecule has 0 saturated heterocycles. The van der Waals surface area contributed by atoms with Crippen LogP contribution >= 0.6 is 69.6 Å². The molecule has 2 aromatic rings. The molecular weight excluding hydrogens is 749 g/mol. The summed E-state index contributed by atoms with van der Waals surface area (Å²) in [4.78, 5) is 52.9. The highest BCUT2D eigenvalue weighted by Gasteiger charge is 2.43. The molecule has 6 atom stereocenters. The Morgan fingerprint density at radius 3 is 1.25 bits per heavy atom. The summed E-state index contributed by atoms with van der Waals surface area (Å²) >= 11 is 37.7. The number of ether oxygens (including phenoxy) is 4. The molecule has 0 bridgehead atoms. The zero-order valence-electron chi connectivity index (χ0n) is 27.2. The van der Waals surface area contributed by atoms with Crippen molar-refractivity contribution in [2.75, 3.05) is 13.2 Å². The fourth-order valence-corrected chi connectivity index (χ4v) is 7.88. The van der Waals surface area contributed by atoms with E-state index in [0.29, 0.717) is 11.8 Å². The van der Waals surface area contributed by atoms with Crippen LogP contribution < -0.4 is 9.47 Å². The van der Waals surface area contributed by atoms with Gasteiger partial charge in [-0.05, 0) is 61.5 Å². The second-order valence-corrected chi connectivity index (χ2v) is 16.0. The van der Waals surface area contributed by atoms with Crippen molar-refractivity contribution in [2.45, 2.75) is 67.2 Å². The molecule has 2 aliphatic rings. The SMILES string of the molecule is CC1CCC(C)(COC(=O)c2c(Cl)c(Cl)cc(Cl)c2OC(=O)C(=O)Oc2c(Cl)cc(Cl)c(Cl)c2C(=O)OCC2(C)CCC(C)C2C)C1C. The number of benzene rings is 2. The van der Waals surface area contributed by atoms with Crippen LogP contribution in [0.2, 0.25) is 30.1 Å². The Labute approximate surface area is 309 Å². The Kier molecular flexibility index (Phi) is 12.2. The molecule has 0 heterocycles. The molecule has 8 nitrogen and oxygen atoms in total. The molecule has 4 rings (SSSR count). The molecule has 48 heavy (non-hydrogen) atoms. The van der Waals surface area contributed by atoms with Crippen molar-refractivity contribution in [1.82, 2.24) is 0 Å². The second kappa shape index (κ2) is 15.1. The van der Waals surface area contributed by atoms with E-state index in [1.165, 1.54) is 0 Å². The van der Waals surface area contributed by atoms with Crippen LogP contribution in [-0.2, 0) is 19.1 Å². The molecule has 6 unspecified atom stereocenters. The van der Waals surface area contributed by atoms with Gasteiger partial charge in [-0.1, -0.05) is 111 Å². The highest BCUT2D eigenvalue weighted by molar-refractivity contribution is 6.47. The van der Waals surface area contributed by atoms with E-state index in [-0.39, 0.29) is 66.0 Å².